The number of benzene rings is 3. The van der Waals surface area contributed by atoms with Crippen LogP contribution in [0.3, 0.4) is 0 Å². The third-order valence-corrected chi connectivity index (χ3v) is 7.29. The van der Waals surface area contributed by atoms with E-state index in [-0.39, 0.29) is 11.8 Å². The fourth-order valence-corrected chi connectivity index (χ4v) is 5.40. The normalized spacial score (nSPS) is 17.1. The molecule has 0 bridgehead atoms. The van der Waals surface area contributed by atoms with E-state index in [0.717, 1.165) is 30.1 Å². The first-order chi connectivity index (χ1) is 16.6. The molecule has 6 heteroatoms. The van der Waals surface area contributed by atoms with Gasteiger partial charge in [0.25, 0.3) is 11.8 Å². The first-order valence-electron chi connectivity index (χ1n) is 11.5. The lowest BCUT2D eigenvalue weighted by atomic mass is 10.2. The van der Waals surface area contributed by atoms with Gasteiger partial charge in [-0.3, -0.25) is 14.5 Å². The summed E-state index contributed by atoms with van der Waals surface area (Å²) in [5.41, 5.74) is 3.51. The minimum atomic E-state index is -0.246. The van der Waals surface area contributed by atoms with Crippen molar-refractivity contribution in [1.29, 1.82) is 0 Å². The van der Waals surface area contributed by atoms with Crippen LogP contribution in [0.2, 0.25) is 0 Å². The number of piperazine rings is 1. The molecular formula is C28H27N3O2S. The van der Waals surface area contributed by atoms with E-state index in [1.165, 1.54) is 22.2 Å². The largest absolute Gasteiger partial charge is 0.363 e. The molecule has 2 amide bonds. The molecular weight excluding hydrogens is 442 g/mol. The molecule has 0 spiro atoms. The Hall–Kier alpha value is -3.35. The van der Waals surface area contributed by atoms with Crippen LogP contribution in [0.25, 0.3) is 0 Å². The van der Waals surface area contributed by atoms with Crippen LogP contribution in [-0.2, 0) is 16.1 Å². The van der Waals surface area contributed by atoms with E-state index in [0.29, 0.717) is 29.4 Å². The Balaban J connectivity index is 1.40. The summed E-state index contributed by atoms with van der Waals surface area (Å²) in [7, 11) is 0. The molecule has 0 saturated carbocycles. The molecule has 5 nitrogen and oxygen atoms in total. The number of imide groups is 1. The second kappa shape index (κ2) is 9.87. The van der Waals surface area contributed by atoms with Crippen molar-refractivity contribution in [2.24, 2.45) is 0 Å². The number of rotatable bonds is 6. The summed E-state index contributed by atoms with van der Waals surface area (Å²) in [6, 6.07) is 27.8. The monoisotopic (exact) mass is 469 g/mol. The average Bonchev–Trinajstić information content (AvgIpc) is 3.11. The van der Waals surface area contributed by atoms with Gasteiger partial charge < -0.3 is 4.90 Å². The van der Waals surface area contributed by atoms with Gasteiger partial charge in [-0.25, -0.2) is 4.90 Å². The molecule has 2 aliphatic rings. The van der Waals surface area contributed by atoms with Crippen LogP contribution in [0, 0.1) is 6.92 Å². The van der Waals surface area contributed by atoms with Gasteiger partial charge in [-0.05, 0) is 36.8 Å². The summed E-state index contributed by atoms with van der Waals surface area (Å²) in [4.78, 5) is 34.5. The Labute approximate surface area is 204 Å². The van der Waals surface area contributed by atoms with Gasteiger partial charge in [-0.2, -0.15) is 0 Å². The summed E-state index contributed by atoms with van der Waals surface area (Å²) in [5.74, 6) is -0.479. The van der Waals surface area contributed by atoms with Crippen molar-refractivity contribution < 1.29 is 9.59 Å². The maximum Gasteiger partial charge on any atom is 0.283 e. The Morgan fingerprint density at radius 1 is 0.735 bits per heavy atom. The highest BCUT2D eigenvalue weighted by Crippen LogP contribution is 2.39. The van der Waals surface area contributed by atoms with E-state index >= 15 is 0 Å². The second-order valence-corrected chi connectivity index (χ2v) is 9.71. The molecule has 0 aromatic heterocycles. The van der Waals surface area contributed by atoms with Crippen molar-refractivity contribution in [3.8, 4) is 0 Å². The second-order valence-electron chi connectivity index (χ2n) is 8.62. The van der Waals surface area contributed by atoms with Crippen molar-refractivity contribution in [2.45, 2.75) is 18.4 Å². The molecule has 0 aliphatic carbocycles. The number of hydrogen-bond acceptors (Lipinski definition) is 5. The van der Waals surface area contributed by atoms with E-state index < -0.39 is 0 Å². The minimum Gasteiger partial charge on any atom is -0.363 e. The van der Waals surface area contributed by atoms with Crippen LogP contribution < -0.4 is 4.90 Å². The van der Waals surface area contributed by atoms with Crippen LogP contribution in [0.15, 0.2) is 100 Å². The van der Waals surface area contributed by atoms with Crippen LogP contribution in [-0.4, -0.2) is 47.8 Å². The lowest BCUT2D eigenvalue weighted by molar-refractivity contribution is -0.121. The van der Waals surface area contributed by atoms with Crippen molar-refractivity contribution in [3.63, 3.8) is 0 Å². The molecule has 3 aromatic carbocycles. The van der Waals surface area contributed by atoms with Crippen LogP contribution >= 0.6 is 11.8 Å². The summed E-state index contributed by atoms with van der Waals surface area (Å²) in [6.45, 7) is 5.99. The molecule has 1 fully saturated rings. The molecule has 0 radical (unpaired) electrons. The predicted octanol–water partition coefficient (Wildman–Crippen LogP) is 4.69. The molecule has 1 saturated heterocycles. The number of amides is 2. The summed E-state index contributed by atoms with van der Waals surface area (Å²) in [5, 5.41) is 0. The fourth-order valence-electron chi connectivity index (χ4n) is 4.37. The molecule has 0 unspecified atom stereocenters. The summed E-state index contributed by atoms with van der Waals surface area (Å²) in [6.07, 6.45) is 0. The van der Waals surface area contributed by atoms with Crippen molar-refractivity contribution >= 4 is 29.3 Å². The number of anilines is 1. The molecule has 0 N–H and O–H groups in total. The average molecular weight is 470 g/mol. The SMILES string of the molecule is Cc1ccc(N2C(=O)C(Sc3ccccc3)=C(N3CCN(Cc4ccccc4)CC3)C2=O)cc1. The van der Waals surface area contributed by atoms with E-state index in [1.807, 2.05) is 67.6 Å². The smallest absolute Gasteiger partial charge is 0.283 e. The van der Waals surface area contributed by atoms with Gasteiger partial charge in [-0.1, -0.05) is 78.0 Å². The highest BCUT2D eigenvalue weighted by atomic mass is 32.2. The first kappa shape index (κ1) is 22.4. The lowest BCUT2D eigenvalue weighted by Crippen LogP contribution is -2.47. The highest BCUT2D eigenvalue weighted by Gasteiger charge is 2.43. The number of nitrogens with zero attached hydrogens (tertiary/aromatic N) is 3. The maximum absolute atomic E-state index is 13.7. The highest BCUT2D eigenvalue weighted by molar-refractivity contribution is 8.04. The minimum absolute atomic E-state index is 0.233. The zero-order valence-corrected chi connectivity index (χ0v) is 20.0. The lowest BCUT2D eigenvalue weighted by Gasteiger charge is -2.36. The third-order valence-electron chi connectivity index (χ3n) is 6.21. The molecule has 5 rings (SSSR count). The van der Waals surface area contributed by atoms with E-state index in [4.69, 9.17) is 0 Å². The van der Waals surface area contributed by atoms with E-state index in [9.17, 15) is 9.59 Å². The topological polar surface area (TPSA) is 43.9 Å². The number of hydrogen-bond donors (Lipinski definition) is 0. The van der Waals surface area contributed by atoms with E-state index in [2.05, 4.69) is 34.1 Å². The van der Waals surface area contributed by atoms with Gasteiger partial charge in [0.05, 0.1) is 5.69 Å². The van der Waals surface area contributed by atoms with Gasteiger partial charge in [0.2, 0.25) is 0 Å². The number of carbonyl (C=O) groups is 2. The van der Waals surface area contributed by atoms with Crippen molar-refractivity contribution in [3.05, 3.63) is 107 Å². The van der Waals surface area contributed by atoms with Crippen LogP contribution in [0.5, 0.6) is 0 Å². The maximum atomic E-state index is 13.7. The van der Waals surface area contributed by atoms with Crippen molar-refractivity contribution in [1.82, 2.24) is 9.80 Å². The zero-order chi connectivity index (χ0) is 23.5. The third kappa shape index (κ3) is 4.65. The number of thioether (sulfide) groups is 1. The Morgan fingerprint density at radius 3 is 2.00 bits per heavy atom. The van der Waals surface area contributed by atoms with Gasteiger partial charge in [0.15, 0.2) is 0 Å². The number of aryl methyl sites for hydroxylation is 1. The van der Waals surface area contributed by atoms with Gasteiger partial charge in [0, 0.05) is 37.6 Å². The standard InChI is InChI=1S/C28H27N3O2S/c1-21-12-14-23(15-13-21)31-27(32)25(26(28(31)33)34-24-10-6-3-7-11-24)30-18-16-29(17-19-30)20-22-8-4-2-5-9-22/h2-15H,16-20H2,1H3. The van der Waals surface area contributed by atoms with E-state index in [1.54, 1.807) is 0 Å². The molecule has 0 atom stereocenters. The molecule has 172 valence electrons. The first-order valence-corrected chi connectivity index (χ1v) is 12.4. The number of carbonyl (C=O) groups excluding carboxylic acids is 2. The van der Waals surface area contributed by atoms with Crippen molar-refractivity contribution in [2.75, 3.05) is 31.1 Å². The zero-order valence-electron chi connectivity index (χ0n) is 19.2. The molecule has 2 aliphatic heterocycles. The van der Waals surface area contributed by atoms with Crippen LogP contribution in [0.4, 0.5) is 5.69 Å². The van der Waals surface area contributed by atoms with Gasteiger partial charge >= 0.3 is 0 Å². The quantitative estimate of drug-likeness (QED) is 0.490. The van der Waals surface area contributed by atoms with Gasteiger partial charge in [-0.15, -0.1) is 0 Å². The van der Waals surface area contributed by atoms with Gasteiger partial charge in [0.1, 0.15) is 10.6 Å². The molecule has 34 heavy (non-hydrogen) atoms. The fraction of sp³-hybridized carbons (Fsp3) is 0.214. The Kier molecular flexibility index (Phi) is 6.52. The summed E-state index contributed by atoms with van der Waals surface area (Å²) >= 11 is 1.38. The molecule has 2 heterocycles. The van der Waals surface area contributed by atoms with Crippen LogP contribution in [0.1, 0.15) is 11.1 Å². The predicted molar refractivity (Wildman–Crippen MR) is 136 cm³/mol. The Morgan fingerprint density at radius 2 is 1.35 bits per heavy atom. The summed E-state index contributed by atoms with van der Waals surface area (Å²) < 4.78 is 0. The Bertz CT molecular complexity index is 1200. The molecule has 3 aromatic rings.